The molecule has 0 aromatic rings. The first kappa shape index (κ1) is 9.51. The lowest BCUT2D eigenvalue weighted by molar-refractivity contribution is 0.523. The molecule has 0 nitrogen and oxygen atoms in total. The van der Waals surface area contributed by atoms with Crippen LogP contribution in [0.2, 0.25) is 0 Å². The van der Waals surface area contributed by atoms with Gasteiger partial charge in [-0.2, -0.15) is 0 Å². The lowest BCUT2D eigenvalue weighted by atomic mass is 9.74. The molecule has 0 N–H and O–H groups in total. The fraction of sp³-hybridized carbons (Fsp3) is 0.429. The zero-order valence-corrected chi connectivity index (χ0v) is 9.09. The summed E-state index contributed by atoms with van der Waals surface area (Å²) in [5.74, 6) is 0. The van der Waals surface area contributed by atoms with E-state index in [-0.39, 0.29) is 5.41 Å². The Labute approximate surface area is 86.7 Å². The Morgan fingerprint density at radius 2 is 2.00 bits per heavy atom. The van der Waals surface area contributed by atoms with Crippen LogP contribution in [0.1, 0.15) is 33.1 Å². The highest BCUT2D eigenvalue weighted by atomic mass is 14.3. The van der Waals surface area contributed by atoms with E-state index in [0.29, 0.717) is 0 Å². The van der Waals surface area contributed by atoms with Crippen molar-refractivity contribution in [3.05, 3.63) is 47.6 Å². The second kappa shape index (κ2) is 3.61. The van der Waals surface area contributed by atoms with Crippen LogP contribution < -0.4 is 0 Å². The van der Waals surface area contributed by atoms with Crippen LogP contribution in [-0.4, -0.2) is 0 Å². The molecule has 0 radical (unpaired) electrons. The second-order valence-electron chi connectivity index (χ2n) is 4.54. The van der Waals surface area contributed by atoms with E-state index in [0.717, 1.165) is 6.42 Å². The molecular formula is C14H18. The highest BCUT2D eigenvalue weighted by Gasteiger charge is 2.25. The first-order valence-electron chi connectivity index (χ1n) is 5.44. The molecule has 0 saturated carbocycles. The van der Waals surface area contributed by atoms with Gasteiger partial charge in [0.1, 0.15) is 0 Å². The standard InChI is InChI=1S/C14H18/c1-12-8-10-14(2,11-9-12)13-6-4-3-5-7-13/h4,6-10H,3,5,11H2,1-2H3. The van der Waals surface area contributed by atoms with Gasteiger partial charge in [0, 0.05) is 5.41 Å². The van der Waals surface area contributed by atoms with E-state index >= 15 is 0 Å². The average Bonchev–Trinajstić information content (AvgIpc) is 2.24. The van der Waals surface area contributed by atoms with Crippen LogP contribution in [0.5, 0.6) is 0 Å². The molecule has 2 rings (SSSR count). The molecule has 0 fully saturated rings. The highest BCUT2D eigenvalue weighted by molar-refractivity contribution is 5.38. The van der Waals surface area contributed by atoms with Crippen molar-refractivity contribution in [2.24, 2.45) is 5.41 Å². The molecule has 2 aliphatic carbocycles. The van der Waals surface area contributed by atoms with Gasteiger partial charge in [0.15, 0.2) is 0 Å². The van der Waals surface area contributed by atoms with Crippen molar-refractivity contribution in [1.82, 2.24) is 0 Å². The predicted octanol–water partition coefficient (Wildman–Crippen LogP) is 4.18. The van der Waals surface area contributed by atoms with Gasteiger partial charge in [0.05, 0.1) is 0 Å². The molecule has 14 heavy (non-hydrogen) atoms. The van der Waals surface area contributed by atoms with E-state index in [1.165, 1.54) is 24.0 Å². The van der Waals surface area contributed by atoms with E-state index in [9.17, 15) is 0 Å². The number of rotatable bonds is 1. The van der Waals surface area contributed by atoms with Crippen LogP contribution in [-0.2, 0) is 0 Å². The summed E-state index contributed by atoms with van der Waals surface area (Å²) in [6, 6.07) is 0. The molecule has 1 unspecified atom stereocenters. The van der Waals surface area contributed by atoms with Gasteiger partial charge in [-0.15, -0.1) is 0 Å². The molecule has 0 amide bonds. The third-order valence-electron chi connectivity index (χ3n) is 3.22. The Kier molecular flexibility index (Phi) is 2.45. The summed E-state index contributed by atoms with van der Waals surface area (Å²) in [6.07, 6.45) is 17.5. The van der Waals surface area contributed by atoms with Gasteiger partial charge in [0.2, 0.25) is 0 Å². The molecule has 0 bridgehead atoms. The minimum absolute atomic E-state index is 0.246. The first-order valence-corrected chi connectivity index (χ1v) is 5.44. The molecule has 0 heteroatoms. The van der Waals surface area contributed by atoms with Crippen molar-refractivity contribution in [2.45, 2.75) is 33.1 Å². The van der Waals surface area contributed by atoms with Crippen LogP contribution in [0.4, 0.5) is 0 Å². The number of allylic oxidation sites excluding steroid dienone is 8. The lowest BCUT2D eigenvalue weighted by Crippen LogP contribution is -2.17. The molecule has 0 aromatic heterocycles. The highest BCUT2D eigenvalue weighted by Crippen LogP contribution is 2.38. The van der Waals surface area contributed by atoms with Gasteiger partial charge in [-0.1, -0.05) is 49.0 Å². The Morgan fingerprint density at radius 3 is 2.57 bits per heavy atom. The molecule has 74 valence electrons. The van der Waals surface area contributed by atoms with Crippen LogP contribution in [0.15, 0.2) is 47.6 Å². The summed E-state index contributed by atoms with van der Waals surface area (Å²) >= 11 is 0. The fourth-order valence-electron chi connectivity index (χ4n) is 2.08. The van der Waals surface area contributed by atoms with Crippen molar-refractivity contribution in [3.8, 4) is 0 Å². The first-order chi connectivity index (χ1) is 6.71. The van der Waals surface area contributed by atoms with E-state index in [1.807, 2.05) is 0 Å². The molecule has 1 atom stereocenters. The Hall–Kier alpha value is -1.04. The van der Waals surface area contributed by atoms with Gasteiger partial charge in [0.25, 0.3) is 0 Å². The SMILES string of the molecule is CC1=CCC(C)(C2=CCCC=C2)C=C1. The van der Waals surface area contributed by atoms with Crippen molar-refractivity contribution >= 4 is 0 Å². The van der Waals surface area contributed by atoms with Crippen molar-refractivity contribution in [3.63, 3.8) is 0 Å². The van der Waals surface area contributed by atoms with Gasteiger partial charge < -0.3 is 0 Å². The smallest absolute Gasteiger partial charge is 0.0138 e. The van der Waals surface area contributed by atoms with Crippen LogP contribution in [0.3, 0.4) is 0 Å². The van der Waals surface area contributed by atoms with Crippen LogP contribution >= 0.6 is 0 Å². The fourth-order valence-corrected chi connectivity index (χ4v) is 2.08. The minimum Gasteiger partial charge on any atom is -0.0839 e. The van der Waals surface area contributed by atoms with Crippen molar-refractivity contribution < 1.29 is 0 Å². The predicted molar refractivity (Wildman–Crippen MR) is 62.1 cm³/mol. The second-order valence-corrected chi connectivity index (χ2v) is 4.54. The normalized spacial score (nSPS) is 31.3. The van der Waals surface area contributed by atoms with Crippen molar-refractivity contribution in [1.29, 1.82) is 0 Å². The zero-order valence-electron chi connectivity index (χ0n) is 9.09. The van der Waals surface area contributed by atoms with E-state index in [2.05, 4.69) is 50.3 Å². The summed E-state index contributed by atoms with van der Waals surface area (Å²) in [5.41, 5.74) is 3.13. The summed E-state index contributed by atoms with van der Waals surface area (Å²) in [4.78, 5) is 0. The average molecular weight is 186 g/mol. The molecule has 0 aliphatic heterocycles. The molecule has 0 heterocycles. The summed E-state index contributed by atoms with van der Waals surface area (Å²) < 4.78 is 0. The maximum Gasteiger partial charge on any atom is 0.0138 e. The minimum atomic E-state index is 0.246. The molecule has 0 spiro atoms. The lowest BCUT2D eigenvalue weighted by Gasteiger charge is -2.30. The maximum absolute atomic E-state index is 2.39. The Bertz CT molecular complexity index is 339. The quantitative estimate of drug-likeness (QED) is 0.576. The molecule has 0 saturated heterocycles. The zero-order chi connectivity index (χ0) is 10.0. The summed E-state index contributed by atoms with van der Waals surface area (Å²) in [6.45, 7) is 4.50. The maximum atomic E-state index is 2.39. The number of hydrogen-bond acceptors (Lipinski definition) is 0. The summed E-state index contributed by atoms with van der Waals surface area (Å²) in [7, 11) is 0. The Balaban J connectivity index is 2.22. The molecule has 2 aliphatic rings. The molecular weight excluding hydrogens is 168 g/mol. The summed E-state index contributed by atoms with van der Waals surface area (Å²) in [5, 5.41) is 0. The van der Waals surface area contributed by atoms with Crippen molar-refractivity contribution in [2.75, 3.05) is 0 Å². The van der Waals surface area contributed by atoms with Gasteiger partial charge >= 0.3 is 0 Å². The number of hydrogen-bond donors (Lipinski definition) is 0. The van der Waals surface area contributed by atoms with Gasteiger partial charge in [-0.25, -0.2) is 0 Å². The Morgan fingerprint density at radius 1 is 1.14 bits per heavy atom. The third kappa shape index (κ3) is 1.75. The molecule has 0 aromatic carbocycles. The third-order valence-corrected chi connectivity index (χ3v) is 3.22. The van der Waals surface area contributed by atoms with Crippen LogP contribution in [0.25, 0.3) is 0 Å². The van der Waals surface area contributed by atoms with E-state index in [1.54, 1.807) is 0 Å². The van der Waals surface area contributed by atoms with E-state index < -0.39 is 0 Å². The van der Waals surface area contributed by atoms with Crippen LogP contribution in [0, 0.1) is 5.41 Å². The largest absolute Gasteiger partial charge is 0.0839 e. The van der Waals surface area contributed by atoms with Gasteiger partial charge in [-0.05, 0) is 31.8 Å². The van der Waals surface area contributed by atoms with E-state index in [4.69, 9.17) is 0 Å². The van der Waals surface area contributed by atoms with Gasteiger partial charge in [-0.3, -0.25) is 0 Å². The topological polar surface area (TPSA) is 0 Å². The monoisotopic (exact) mass is 186 g/mol.